The first kappa shape index (κ1) is 42.8. The quantitative estimate of drug-likeness (QED) is 0.0726. The number of carbonyl (C=O) groups excluding carboxylic acids is 3. The number of unbranched alkanes of at least 4 members (excludes halogenated alkanes) is 18. The fourth-order valence-electron chi connectivity index (χ4n) is 5.77. The standard InChI is InChI=1S/C34H67N3O4.ClH/c1-6-8-10-12-14-16-18-20-22-24-27-34(33(40)41,28-26-31(35)38)36(32(39)30-37(3,4)5)29-25-23-21-19-17-15-13-11-9-7-2;/h6-30H2,1-5H3,(H2-,35,38,40,41);1H/t34-;/m1./s1. The minimum absolute atomic E-state index is 0. The Labute approximate surface area is 265 Å². The Morgan fingerprint density at radius 1 is 0.643 bits per heavy atom. The average molecular weight is 618 g/mol. The molecule has 0 aliphatic heterocycles. The number of amides is 2. The van der Waals surface area contributed by atoms with E-state index in [9.17, 15) is 19.5 Å². The molecule has 0 aromatic rings. The van der Waals surface area contributed by atoms with Crippen LogP contribution in [0.4, 0.5) is 0 Å². The summed E-state index contributed by atoms with van der Waals surface area (Å²) in [6.45, 7) is 5.03. The predicted molar refractivity (Wildman–Crippen MR) is 176 cm³/mol. The van der Waals surface area contributed by atoms with Gasteiger partial charge in [0.05, 0.1) is 32.7 Å². The molecule has 0 aliphatic rings. The molecule has 2 amide bonds. The topological polar surface area (TPSA) is 104 Å². The molecule has 0 aromatic carbocycles. The van der Waals surface area contributed by atoms with Crippen molar-refractivity contribution >= 4 is 30.2 Å². The minimum Gasteiger partial charge on any atom is -0.548 e. The highest BCUT2D eigenvalue weighted by molar-refractivity contribution is 5.87. The van der Waals surface area contributed by atoms with Crippen LogP contribution in [0.2, 0.25) is 0 Å². The Bertz CT molecular complexity index is 699. The number of primary amides is 1. The fraction of sp³-hybridized carbons (Fsp3) is 0.912. The van der Waals surface area contributed by atoms with E-state index in [0.29, 0.717) is 23.9 Å². The van der Waals surface area contributed by atoms with Crippen LogP contribution in [-0.4, -0.2) is 66.9 Å². The molecule has 0 aliphatic carbocycles. The number of aliphatic carboxylic acids is 1. The van der Waals surface area contributed by atoms with Crippen molar-refractivity contribution in [1.29, 1.82) is 0 Å². The summed E-state index contributed by atoms with van der Waals surface area (Å²) in [5.41, 5.74) is 3.98. The van der Waals surface area contributed by atoms with Crippen LogP contribution in [0, 0.1) is 0 Å². The summed E-state index contributed by atoms with van der Waals surface area (Å²) in [5.74, 6) is -1.98. The molecule has 0 fully saturated rings. The molecule has 250 valence electrons. The lowest BCUT2D eigenvalue weighted by molar-refractivity contribution is -0.862. The summed E-state index contributed by atoms with van der Waals surface area (Å²) in [7, 11) is 5.80. The van der Waals surface area contributed by atoms with Crippen LogP contribution in [0.5, 0.6) is 0 Å². The zero-order valence-electron chi connectivity index (χ0n) is 28.2. The molecule has 0 unspecified atom stereocenters. The van der Waals surface area contributed by atoms with E-state index in [1.54, 1.807) is 4.90 Å². The molecule has 8 heteroatoms. The van der Waals surface area contributed by atoms with Gasteiger partial charge in [-0.2, -0.15) is 0 Å². The predicted octanol–water partition coefficient (Wildman–Crippen LogP) is 6.93. The number of carboxylic acids is 1. The molecule has 0 saturated carbocycles. The van der Waals surface area contributed by atoms with Crippen LogP contribution < -0.4 is 10.8 Å². The molecule has 1 atom stereocenters. The van der Waals surface area contributed by atoms with E-state index >= 15 is 0 Å². The number of rotatable bonds is 29. The first-order chi connectivity index (χ1) is 19.5. The number of nitrogens with zero attached hydrogens (tertiary/aromatic N) is 2. The van der Waals surface area contributed by atoms with Gasteiger partial charge in [0.15, 0.2) is 6.54 Å². The smallest absolute Gasteiger partial charge is 0.278 e. The van der Waals surface area contributed by atoms with Crippen LogP contribution in [0.3, 0.4) is 0 Å². The number of halogens is 1. The van der Waals surface area contributed by atoms with Crippen LogP contribution in [0.25, 0.3) is 0 Å². The van der Waals surface area contributed by atoms with Gasteiger partial charge in [-0.3, -0.25) is 9.59 Å². The zero-order chi connectivity index (χ0) is 31.0. The van der Waals surface area contributed by atoms with Crippen molar-refractivity contribution in [1.82, 2.24) is 4.90 Å². The second-order valence-corrected chi connectivity index (χ2v) is 13.4. The van der Waals surface area contributed by atoms with Crippen LogP contribution in [-0.2, 0) is 14.4 Å². The summed E-state index contributed by atoms with van der Waals surface area (Å²) in [4.78, 5) is 39.8. The minimum atomic E-state index is -1.50. The highest BCUT2D eigenvalue weighted by Crippen LogP contribution is 2.30. The van der Waals surface area contributed by atoms with Gasteiger partial charge < -0.3 is 25.0 Å². The number of carboxylic acid groups (broad SMARTS) is 1. The molecule has 0 heterocycles. The highest BCUT2D eigenvalue weighted by Gasteiger charge is 2.41. The van der Waals surface area contributed by atoms with Gasteiger partial charge in [-0.1, -0.05) is 136 Å². The summed E-state index contributed by atoms with van der Waals surface area (Å²) < 4.78 is 0.407. The Morgan fingerprint density at radius 2 is 1.02 bits per heavy atom. The van der Waals surface area contributed by atoms with Gasteiger partial charge in [-0.25, -0.2) is 0 Å². The van der Waals surface area contributed by atoms with Crippen molar-refractivity contribution in [3.8, 4) is 0 Å². The zero-order valence-corrected chi connectivity index (χ0v) is 29.0. The second-order valence-electron chi connectivity index (χ2n) is 13.4. The first-order valence-corrected chi connectivity index (χ1v) is 17.1. The fourth-order valence-corrected chi connectivity index (χ4v) is 5.77. The third-order valence-corrected chi connectivity index (χ3v) is 8.27. The van der Waals surface area contributed by atoms with E-state index in [4.69, 9.17) is 5.73 Å². The van der Waals surface area contributed by atoms with Crippen molar-refractivity contribution in [2.24, 2.45) is 5.73 Å². The maximum absolute atomic E-state index is 13.6. The van der Waals surface area contributed by atoms with E-state index in [1.807, 2.05) is 21.1 Å². The Hall–Kier alpha value is -1.34. The largest absolute Gasteiger partial charge is 0.548 e. The maximum Gasteiger partial charge on any atom is 0.278 e. The molecule has 0 spiro atoms. The van der Waals surface area contributed by atoms with E-state index in [2.05, 4.69) is 13.8 Å². The van der Waals surface area contributed by atoms with Crippen LogP contribution in [0.1, 0.15) is 162 Å². The lowest BCUT2D eigenvalue weighted by Gasteiger charge is -2.46. The molecular weight excluding hydrogens is 550 g/mol. The van der Waals surface area contributed by atoms with E-state index in [-0.39, 0.29) is 37.7 Å². The third-order valence-electron chi connectivity index (χ3n) is 8.27. The molecular formula is C34H68ClN3O4. The van der Waals surface area contributed by atoms with Gasteiger partial charge >= 0.3 is 0 Å². The van der Waals surface area contributed by atoms with Crippen molar-refractivity contribution in [2.75, 3.05) is 34.2 Å². The number of hydrogen-bond acceptors (Lipinski definition) is 4. The summed E-state index contributed by atoms with van der Waals surface area (Å²) in [5, 5.41) is 12.9. The summed E-state index contributed by atoms with van der Waals surface area (Å²) in [6.07, 6.45) is 23.3. The number of quaternary nitrogens is 1. The lowest BCUT2D eigenvalue weighted by atomic mass is 9.84. The van der Waals surface area contributed by atoms with Gasteiger partial charge in [0.25, 0.3) is 5.91 Å². The summed E-state index contributed by atoms with van der Waals surface area (Å²) in [6, 6.07) is 0. The maximum atomic E-state index is 13.6. The molecule has 7 nitrogen and oxygen atoms in total. The summed E-state index contributed by atoms with van der Waals surface area (Å²) >= 11 is 0. The van der Waals surface area contributed by atoms with E-state index in [0.717, 1.165) is 38.5 Å². The van der Waals surface area contributed by atoms with Crippen molar-refractivity contribution in [3.05, 3.63) is 0 Å². The van der Waals surface area contributed by atoms with Gasteiger partial charge in [0.2, 0.25) is 5.91 Å². The van der Waals surface area contributed by atoms with Crippen molar-refractivity contribution in [3.63, 3.8) is 0 Å². The van der Waals surface area contributed by atoms with Gasteiger partial charge in [-0.05, 0) is 19.3 Å². The second kappa shape index (κ2) is 26.1. The third kappa shape index (κ3) is 21.4. The van der Waals surface area contributed by atoms with E-state index < -0.39 is 17.4 Å². The van der Waals surface area contributed by atoms with Crippen LogP contribution in [0.15, 0.2) is 0 Å². The molecule has 0 radical (unpaired) electrons. The monoisotopic (exact) mass is 617 g/mol. The normalized spacial score (nSPS) is 12.9. The molecule has 0 aromatic heterocycles. The Morgan fingerprint density at radius 3 is 1.38 bits per heavy atom. The number of hydrogen-bond donors (Lipinski definition) is 1. The average Bonchev–Trinajstić information content (AvgIpc) is 2.89. The van der Waals surface area contributed by atoms with Gasteiger partial charge in [-0.15, -0.1) is 12.4 Å². The van der Waals surface area contributed by atoms with Gasteiger partial charge in [0, 0.05) is 13.0 Å². The Balaban J connectivity index is 0. The van der Waals surface area contributed by atoms with Crippen molar-refractivity contribution < 1.29 is 24.0 Å². The number of carbonyl (C=O) groups is 3. The van der Waals surface area contributed by atoms with Gasteiger partial charge in [0.1, 0.15) is 0 Å². The lowest BCUT2D eigenvalue weighted by Crippen LogP contribution is -2.64. The van der Waals surface area contributed by atoms with Crippen LogP contribution >= 0.6 is 12.4 Å². The highest BCUT2D eigenvalue weighted by atomic mass is 35.5. The molecule has 0 saturated heterocycles. The van der Waals surface area contributed by atoms with Crippen molar-refractivity contribution in [2.45, 2.75) is 167 Å². The van der Waals surface area contributed by atoms with E-state index in [1.165, 1.54) is 83.5 Å². The molecule has 0 bridgehead atoms. The SMILES string of the molecule is CCCCCCCCCCCCN(C(=O)C[N+](C)(C)C)[C@](CCCCCCCCCCCC)(CCC(N)=O)C(=O)[O-].Cl. The Kier molecular flexibility index (Phi) is 26.6. The first-order valence-electron chi connectivity index (χ1n) is 17.1. The molecule has 42 heavy (non-hydrogen) atoms. The number of likely N-dealkylation sites (N-methyl/N-ethyl adjacent to an activating group) is 1. The number of nitrogens with two attached hydrogens (primary N) is 1. The molecule has 2 N–H and O–H groups in total. The molecule has 0 rings (SSSR count).